The first-order chi connectivity index (χ1) is 9.10. The Morgan fingerprint density at radius 1 is 1.26 bits per heavy atom. The molecule has 0 aliphatic rings. The second kappa shape index (κ2) is 5.64. The van der Waals surface area contributed by atoms with E-state index in [4.69, 9.17) is 27.3 Å². The lowest BCUT2D eigenvalue weighted by Crippen LogP contribution is -1.99. The number of nitrogens with two attached hydrogens (primary N) is 1. The number of halogens is 1. The molecule has 0 radical (unpaired) electrons. The number of hydrogen-bond acceptors (Lipinski definition) is 3. The molecule has 0 fully saturated rings. The minimum atomic E-state index is 0.390. The average molecular weight is 273 g/mol. The smallest absolute Gasteiger partial charge is 0.140 e. The lowest BCUT2D eigenvalue weighted by atomic mass is 10.1. The number of hydrogen-bond donors (Lipinski definition) is 1. The molecule has 0 heterocycles. The summed E-state index contributed by atoms with van der Waals surface area (Å²) < 4.78 is 5.66. The summed E-state index contributed by atoms with van der Waals surface area (Å²) in [4.78, 5) is 0. The third-order valence-corrected chi connectivity index (χ3v) is 3.12. The maximum Gasteiger partial charge on any atom is 0.140 e. The van der Waals surface area contributed by atoms with Gasteiger partial charge >= 0.3 is 0 Å². The van der Waals surface area contributed by atoms with Crippen LogP contribution in [0.5, 0.6) is 5.75 Å². The van der Waals surface area contributed by atoms with Crippen molar-refractivity contribution in [1.29, 1.82) is 5.26 Å². The van der Waals surface area contributed by atoms with Crippen molar-refractivity contribution < 1.29 is 4.74 Å². The van der Waals surface area contributed by atoms with Crippen molar-refractivity contribution in [2.24, 2.45) is 0 Å². The van der Waals surface area contributed by atoms with Crippen molar-refractivity contribution in [2.75, 3.05) is 5.73 Å². The molecular formula is C15H13ClN2O. The molecule has 0 aromatic heterocycles. The van der Waals surface area contributed by atoms with Crippen LogP contribution in [-0.2, 0) is 6.61 Å². The van der Waals surface area contributed by atoms with Gasteiger partial charge in [-0.05, 0) is 42.3 Å². The highest BCUT2D eigenvalue weighted by atomic mass is 35.5. The number of nitriles is 1. The minimum absolute atomic E-state index is 0.390. The Bertz CT molecular complexity index is 647. The van der Waals surface area contributed by atoms with Crippen molar-refractivity contribution in [3.8, 4) is 11.8 Å². The Labute approximate surface area is 117 Å². The van der Waals surface area contributed by atoms with Gasteiger partial charge in [0.1, 0.15) is 12.4 Å². The van der Waals surface area contributed by atoms with Gasteiger partial charge in [-0.2, -0.15) is 5.26 Å². The number of rotatable bonds is 3. The normalized spacial score (nSPS) is 9.95. The van der Waals surface area contributed by atoms with E-state index in [1.165, 1.54) is 0 Å². The molecule has 0 atom stereocenters. The Hall–Kier alpha value is -2.18. The van der Waals surface area contributed by atoms with Crippen LogP contribution in [0.1, 0.15) is 16.7 Å². The zero-order valence-electron chi connectivity index (χ0n) is 10.5. The largest absolute Gasteiger partial charge is 0.487 e. The van der Waals surface area contributed by atoms with Crippen molar-refractivity contribution in [1.82, 2.24) is 0 Å². The number of nitrogen functional groups attached to an aromatic ring is 1. The molecule has 4 heteroatoms. The van der Waals surface area contributed by atoms with Crippen molar-refractivity contribution in [3.05, 3.63) is 58.1 Å². The number of anilines is 1. The summed E-state index contributed by atoms with van der Waals surface area (Å²) in [5.41, 5.74) is 8.96. The van der Waals surface area contributed by atoms with E-state index in [-0.39, 0.29) is 0 Å². The Morgan fingerprint density at radius 2 is 2.05 bits per heavy atom. The van der Waals surface area contributed by atoms with Crippen LogP contribution >= 0.6 is 11.6 Å². The lowest BCUT2D eigenvalue weighted by Gasteiger charge is -2.10. The first-order valence-electron chi connectivity index (χ1n) is 5.77. The fraction of sp³-hybridized carbons (Fsp3) is 0.133. The first kappa shape index (κ1) is 13.3. The fourth-order valence-corrected chi connectivity index (χ4v) is 1.89. The highest BCUT2D eigenvalue weighted by Gasteiger charge is 2.05. The predicted molar refractivity (Wildman–Crippen MR) is 76.1 cm³/mol. The molecule has 0 bridgehead atoms. The molecule has 2 N–H and O–H groups in total. The number of ether oxygens (including phenoxy) is 1. The molecule has 96 valence electrons. The highest BCUT2D eigenvalue weighted by Crippen LogP contribution is 2.27. The molecule has 3 nitrogen and oxygen atoms in total. The van der Waals surface area contributed by atoms with Crippen LogP contribution in [0, 0.1) is 18.3 Å². The predicted octanol–water partition coefficient (Wildman–Crippen LogP) is 3.68. The van der Waals surface area contributed by atoms with Gasteiger partial charge in [-0.1, -0.05) is 17.7 Å². The van der Waals surface area contributed by atoms with E-state index in [1.54, 1.807) is 24.3 Å². The summed E-state index contributed by atoms with van der Waals surface area (Å²) in [6.45, 7) is 2.33. The van der Waals surface area contributed by atoms with Gasteiger partial charge in [-0.3, -0.25) is 0 Å². The number of nitrogens with zero attached hydrogens (tertiary/aromatic N) is 1. The van der Waals surface area contributed by atoms with E-state index >= 15 is 0 Å². The molecule has 0 saturated carbocycles. The molecule has 2 aromatic rings. The van der Waals surface area contributed by atoms with Gasteiger partial charge in [0.2, 0.25) is 0 Å². The molecule has 0 saturated heterocycles. The highest BCUT2D eigenvalue weighted by molar-refractivity contribution is 6.32. The monoisotopic (exact) mass is 272 g/mol. The number of aryl methyl sites for hydroxylation is 1. The lowest BCUT2D eigenvalue weighted by molar-refractivity contribution is 0.306. The minimum Gasteiger partial charge on any atom is -0.487 e. The summed E-state index contributed by atoms with van der Waals surface area (Å²) in [6.07, 6.45) is 0. The van der Waals surface area contributed by atoms with Crippen LogP contribution in [0.4, 0.5) is 5.69 Å². The van der Waals surface area contributed by atoms with Gasteiger partial charge in [0.15, 0.2) is 0 Å². The third kappa shape index (κ3) is 3.18. The summed E-state index contributed by atoms with van der Waals surface area (Å²) in [5, 5.41) is 9.34. The molecule has 0 unspecified atom stereocenters. The van der Waals surface area contributed by atoms with Crippen LogP contribution in [0.3, 0.4) is 0 Å². The Balaban J connectivity index is 2.15. The maximum absolute atomic E-state index is 8.82. The molecule has 0 spiro atoms. The molecule has 0 aliphatic heterocycles. The quantitative estimate of drug-likeness (QED) is 0.867. The summed E-state index contributed by atoms with van der Waals surface area (Å²) in [6, 6.07) is 12.7. The Morgan fingerprint density at radius 3 is 2.74 bits per heavy atom. The van der Waals surface area contributed by atoms with E-state index in [0.717, 1.165) is 11.1 Å². The zero-order valence-corrected chi connectivity index (χ0v) is 11.2. The van der Waals surface area contributed by atoms with Crippen LogP contribution in [0.25, 0.3) is 0 Å². The van der Waals surface area contributed by atoms with E-state index in [0.29, 0.717) is 28.6 Å². The second-order valence-electron chi connectivity index (χ2n) is 4.23. The van der Waals surface area contributed by atoms with Gasteiger partial charge in [0.05, 0.1) is 16.7 Å². The van der Waals surface area contributed by atoms with Crippen LogP contribution < -0.4 is 10.5 Å². The molecule has 0 amide bonds. The number of benzene rings is 2. The molecule has 2 rings (SSSR count). The van der Waals surface area contributed by atoms with Crippen LogP contribution in [-0.4, -0.2) is 0 Å². The molecule has 2 aromatic carbocycles. The summed E-state index contributed by atoms with van der Waals surface area (Å²) >= 11 is 6.03. The van der Waals surface area contributed by atoms with E-state index in [1.807, 2.05) is 19.1 Å². The zero-order chi connectivity index (χ0) is 13.8. The van der Waals surface area contributed by atoms with E-state index in [2.05, 4.69) is 6.07 Å². The summed E-state index contributed by atoms with van der Waals surface area (Å²) in [5.74, 6) is 0.561. The van der Waals surface area contributed by atoms with Crippen molar-refractivity contribution >= 4 is 17.3 Å². The Kier molecular flexibility index (Phi) is 3.94. The van der Waals surface area contributed by atoms with E-state index < -0.39 is 0 Å². The molecule has 0 aliphatic carbocycles. The molecular weight excluding hydrogens is 260 g/mol. The van der Waals surface area contributed by atoms with Crippen molar-refractivity contribution in [2.45, 2.75) is 13.5 Å². The summed E-state index contributed by atoms with van der Waals surface area (Å²) in [7, 11) is 0. The van der Waals surface area contributed by atoms with Gasteiger partial charge in [0, 0.05) is 11.8 Å². The van der Waals surface area contributed by atoms with Crippen molar-refractivity contribution in [3.63, 3.8) is 0 Å². The average Bonchev–Trinajstić information content (AvgIpc) is 2.40. The standard InChI is InChI=1S/C15H13ClN2O/c1-10-6-11(8-17)2-3-12(10)9-19-15-7-13(18)4-5-14(15)16/h2-7H,9,18H2,1H3. The van der Waals surface area contributed by atoms with Gasteiger partial charge in [-0.25, -0.2) is 0 Å². The van der Waals surface area contributed by atoms with Gasteiger partial charge in [0.25, 0.3) is 0 Å². The second-order valence-corrected chi connectivity index (χ2v) is 4.64. The SMILES string of the molecule is Cc1cc(C#N)ccc1COc1cc(N)ccc1Cl. The first-order valence-corrected chi connectivity index (χ1v) is 6.15. The van der Waals surface area contributed by atoms with Gasteiger partial charge < -0.3 is 10.5 Å². The van der Waals surface area contributed by atoms with Crippen LogP contribution in [0.15, 0.2) is 36.4 Å². The van der Waals surface area contributed by atoms with E-state index in [9.17, 15) is 0 Å². The third-order valence-electron chi connectivity index (χ3n) is 2.81. The molecule has 19 heavy (non-hydrogen) atoms. The van der Waals surface area contributed by atoms with Gasteiger partial charge in [-0.15, -0.1) is 0 Å². The maximum atomic E-state index is 8.82. The van der Waals surface area contributed by atoms with Crippen LogP contribution in [0.2, 0.25) is 5.02 Å². The topological polar surface area (TPSA) is 59.0 Å². The fourth-order valence-electron chi connectivity index (χ4n) is 1.71.